The Balaban J connectivity index is 1.90. The van der Waals surface area contributed by atoms with Crippen LogP contribution in [0.3, 0.4) is 0 Å². The van der Waals surface area contributed by atoms with E-state index in [-0.39, 0.29) is 5.91 Å². The SMILES string of the molecule is Cc1cc(Br)ccc1N(C)C(=O)/C(=C/C=N)NCCOCc1ccccc1. The Morgan fingerprint density at radius 2 is 2.00 bits per heavy atom. The number of rotatable bonds is 9. The summed E-state index contributed by atoms with van der Waals surface area (Å²) in [4.78, 5) is 14.4. The van der Waals surface area contributed by atoms with E-state index in [2.05, 4.69) is 21.2 Å². The summed E-state index contributed by atoms with van der Waals surface area (Å²) in [6.07, 6.45) is 2.57. The van der Waals surface area contributed by atoms with Crippen molar-refractivity contribution in [1.82, 2.24) is 5.32 Å². The standard InChI is InChI=1S/C21H24BrN3O2/c1-16-14-18(22)8-9-20(16)25(2)21(26)19(10-11-23)24-12-13-27-15-17-6-4-3-5-7-17/h3-11,14,23-24H,12-13,15H2,1-2H3/b19-10-,23-11?. The molecule has 2 aromatic rings. The predicted octanol–water partition coefficient (Wildman–Crippen LogP) is 4.06. The van der Waals surface area contributed by atoms with Crippen LogP contribution in [0.1, 0.15) is 11.1 Å². The lowest BCUT2D eigenvalue weighted by Gasteiger charge is -2.22. The molecule has 0 spiro atoms. The summed E-state index contributed by atoms with van der Waals surface area (Å²) >= 11 is 3.43. The van der Waals surface area contributed by atoms with E-state index in [4.69, 9.17) is 10.1 Å². The summed E-state index contributed by atoms with van der Waals surface area (Å²) in [5.74, 6) is -0.202. The number of carbonyl (C=O) groups is 1. The average molecular weight is 430 g/mol. The van der Waals surface area contributed by atoms with Crippen molar-refractivity contribution in [3.63, 3.8) is 0 Å². The number of ether oxygens (including phenoxy) is 1. The molecule has 0 atom stereocenters. The maximum atomic E-state index is 12.8. The largest absolute Gasteiger partial charge is 0.378 e. The monoisotopic (exact) mass is 429 g/mol. The van der Waals surface area contributed by atoms with Crippen LogP contribution in [0.15, 0.2) is 64.8 Å². The third kappa shape index (κ3) is 6.34. The van der Waals surface area contributed by atoms with Gasteiger partial charge >= 0.3 is 0 Å². The van der Waals surface area contributed by atoms with Crippen LogP contribution in [-0.4, -0.2) is 32.3 Å². The Labute approximate surface area is 168 Å². The second kappa shape index (κ2) is 10.6. The lowest BCUT2D eigenvalue weighted by atomic mass is 10.2. The molecule has 0 aliphatic carbocycles. The van der Waals surface area contributed by atoms with Crippen molar-refractivity contribution >= 4 is 33.7 Å². The topological polar surface area (TPSA) is 65.4 Å². The predicted molar refractivity (Wildman–Crippen MR) is 113 cm³/mol. The first-order valence-electron chi connectivity index (χ1n) is 8.63. The molecule has 2 rings (SSSR count). The number of carbonyl (C=O) groups excluding carboxylic acids is 1. The van der Waals surface area contributed by atoms with Gasteiger partial charge in [-0.2, -0.15) is 0 Å². The van der Waals surface area contributed by atoms with Crippen LogP contribution in [0.5, 0.6) is 0 Å². The Morgan fingerprint density at radius 3 is 2.67 bits per heavy atom. The number of nitrogens with zero attached hydrogens (tertiary/aromatic N) is 1. The molecule has 2 N–H and O–H groups in total. The molecule has 1 amide bonds. The fourth-order valence-corrected chi connectivity index (χ4v) is 3.07. The molecule has 0 saturated heterocycles. The second-order valence-electron chi connectivity index (χ2n) is 6.01. The first-order chi connectivity index (χ1) is 13.0. The van der Waals surface area contributed by atoms with E-state index in [0.717, 1.165) is 27.5 Å². The molecule has 0 saturated carbocycles. The molecule has 0 aromatic heterocycles. The number of halogens is 1. The molecule has 0 bridgehead atoms. The fraction of sp³-hybridized carbons (Fsp3) is 0.238. The smallest absolute Gasteiger partial charge is 0.274 e. The molecule has 0 heterocycles. The highest BCUT2D eigenvalue weighted by Crippen LogP contribution is 2.23. The number of allylic oxidation sites excluding steroid dienone is 1. The molecule has 27 heavy (non-hydrogen) atoms. The van der Waals surface area contributed by atoms with Crippen LogP contribution in [0.2, 0.25) is 0 Å². The number of hydrogen-bond acceptors (Lipinski definition) is 4. The number of benzene rings is 2. The van der Waals surface area contributed by atoms with E-state index < -0.39 is 0 Å². The van der Waals surface area contributed by atoms with E-state index >= 15 is 0 Å². The van der Waals surface area contributed by atoms with Crippen molar-refractivity contribution in [1.29, 1.82) is 5.41 Å². The summed E-state index contributed by atoms with van der Waals surface area (Å²) in [5, 5.41) is 10.4. The van der Waals surface area contributed by atoms with Gasteiger partial charge in [0.25, 0.3) is 5.91 Å². The lowest BCUT2D eigenvalue weighted by Crippen LogP contribution is -2.35. The summed E-state index contributed by atoms with van der Waals surface area (Å²) in [6, 6.07) is 15.7. The van der Waals surface area contributed by atoms with Gasteiger partial charge in [0.2, 0.25) is 0 Å². The first-order valence-corrected chi connectivity index (χ1v) is 9.42. The van der Waals surface area contributed by atoms with Crippen LogP contribution in [0.4, 0.5) is 5.69 Å². The molecule has 0 unspecified atom stereocenters. The molecule has 0 aliphatic heterocycles. The molecule has 2 aromatic carbocycles. The van der Waals surface area contributed by atoms with Crippen LogP contribution < -0.4 is 10.2 Å². The van der Waals surface area contributed by atoms with Gasteiger partial charge in [0, 0.05) is 30.0 Å². The zero-order chi connectivity index (χ0) is 19.6. The van der Waals surface area contributed by atoms with Crippen LogP contribution in [0.25, 0.3) is 0 Å². The summed E-state index contributed by atoms with van der Waals surface area (Å²) < 4.78 is 6.59. The summed E-state index contributed by atoms with van der Waals surface area (Å²) in [7, 11) is 1.73. The Bertz CT molecular complexity index is 806. The van der Waals surface area contributed by atoms with Gasteiger partial charge in [0.15, 0.2) is 0 Å². The maximum Gasteiger partial charge on any atom is 0.274 e. The third-order valence-corrected chi connectivity index (χ3v) is 4.47. The van der Waals surface area contributed by atoms with Gasteiger partial charge in [-0.25, -0.2) is 0 Å². The van der Waals surface area contributed by atoms with Gasteiger partial charge in [-0.1, -0.05) is 46.3 Å². The van der Waals surface area contributed by atoms with Gasteiger partial charge in [0.1, 0.15) is 5.70 Å². The maximum absolute atomic E-state index is 12.8. The second-order valence-corrected chi connectivity index (χ2v) is 6.92. The fourth-order valence-electron chi connectivity index (χ4n) is 2.60. The Kier molecular flexibility index (Phi) is 8.23. The number of nitrogens with one attached hydrogen (secondary N) is 2. The average Bonchev–Trinajstić information content (AvgIpc) is 2.66. The highest BCUT2D eigenvalue weighted by molar-refractivity contribution is 9.10. The van der Waals surface area contributed by atoms with Crippen molar-refractivity contribution < 1.29 is 9.53 Å². The molecule has 0 fully saturated rings. The minimum Gasteiger partial charge on any atom is -0.378 e. The lowest BCUT2D eigenvalue weighted by molar-refractivity contribution is -0.115. The van der Waals surface area contributed by atoms with E-state index in [1.54, 1.807) is 11.9 Å². The number of anilines is 1. The summed E-state index contributed by atoms with van der Waals surface area (Å²) in [5.41, 5.74) is 3.27. The molecule has 142 valence electrons. The molecule has 5 nitrogen and oxygen atoms in total. The zero-order valence-corrected chi connectivity index (χ0v) is 17.1. The van der Waals surface area contributed by atoms with E-state index in [1.165, 1.54) is 6.08 Å². The molecule has 0 radical (unpaired) electrons. The summed E-state index contributed by atoms with van der Waals surface area (Å²) in [6.45, 7) is 3.41. The Hall–Kier alpha value is -2.44. The molecule has 6 heteroatoms. The molecular formula is C21H24BrN3O2. The van der Waals surface area contributed by atoms with Crippen molar-refractivity contribution in [2.24, 2.45) is 0 Å². The van der Waals surface area contributed by atoms with Gasteiger partial charge in [0.05, 0.1) is 13.2 Å². The van der Waals surface area contributed by atoms with Gasteiger partial charge in [-0.05, 0) is 42.3 Å². The highest BCUT2D eigenvalue weighted by atomic mass is 79.9. The highest BCUT2D eigenvalue weighted by Gasteiger charge is 2.17. The van der Waals surface area contributed by atoms with Crippen LogP contribution in [-0.2, 0) is 16.1 Å². The van der Waals surface area contributed by atoms with Crippen molar-refractivity contribution in [2.75, 3.05) is 25.1 Å². The van der Waals surface area contributed by atoms with Gasteiger partial charge in [-0.3, -0.25) is 4.79 Å². The van der Waals surface area contributed by atoms with Crippen molar-refractivity contribution in [2.45, 2.75) is 13.5 Å². The normalized spacial score (nSPS) is 11.1. The minimum absolute atomic E-state index is 0.202. The van der Waals surface area contributed by atoms with Gasteiger partial charge in [-0.15, -0.1) is 0 Å². The van der Waals surface area contributed by atoms with E-state index in [0.29, 0.717) is 25.5 Å². The minimum atomic E-state index is -0.202. The third-order valence-electron chi connectivity index (χ3n) is 3.98. The molecular weight excluding hydrogens is 406 g/mol. The van der Waals surface area contributed by atoms with E-state index in [9.17, 15) is 4.79 Å². The number of likely N-dealkylation sites (N-methyl/N-ethyl adjacent to an activating group) is 1. The number of amides is 1. The van der Waals surface area contributed by atoms with Crippen LogP contribution >= 0.6 is 15.9 Å². The molecule has 0 aliphatic rings. The van der Waals surface area contributed by atoms with Gasteiger partial charge < -0.3 is 20.4 Å². The number of aryl methyl sites for hydroxylation is 1. The Morgan fingerprint density at radius 1 is 1.26 bits per heavy atom. The quantitative estimate of drug-likeness (QED) is 0.358. The zero-order valence-electron chi connectivity index (χ0n) is 15.5. The first kappa shape index (κ1) is 20.9. The van der Waals surface area contributed by atoms with E-state index in [1.807, 2.05) is 55.5 Å². The number of hydrogen-bond donors (Lipinski definition) is 2. The van der Waals surface area contributed by atoms with Crippen LogP contribution in [0, 0.1) is 12.3 Å². The van der Waals surface area contributed by atoms with Crippen molar-refractivity contribution in [3.8, 4) is 0 Å². The van der Waals surface area contributed by atoms with Crippen molar-refractivity contribution in [3.05, 3.63) is 75.9 Å².